The Morgan fingerprint density at radius 3 is 2.40 bits per heavy atom. The monoisotopic (exact) mass is 280 g/mol. The van der Waals surface area contributed by atoms with Crippen LogP contribution in [0.5, 0.6) is 0 Å². The lowest BCUT2D eigenvalue weighted by atomic mass is 9.73. The van der Waals surface area contributed by atoms with Crippen molar-refractivity contribution in [3.05, 3.63) is 0 Å². The molecule has 4 atom stereocenters. The van der Waals surface area contributed by atoms with E-state index < -0.39 is 0 Å². The van der Waals surface area contributed by atoms with Gasteiger partial charge in [0.2, 0.25) is 0 Å². The topological polar surface area (TPSA) is 29.3 Å². The van der Waals surface area contributed by atoms with Gasteiger partial charge in [0.15, 0.2) is 0 Å². The molecular formula is C18H36N2. The molecule has 0 aromatic carbocycles. The van der Waals surface area contributed by atoms with Crippen LogP contribution in [0.1, 0.15) is 60.3 Å². The summed E-state index contributed by atoms with van der Waals surface area (Å²) in [7, 11) is 0. The van der Waals surface area contributed by atoms with Crippen molar-refractivity contribution in [2.75, 3.05) is 19.6 Å². The molecule has 4 unspecified atom stereocenters. The zero-order valence-corrected chi connectivity index (χ0v) is 14.4. The van der Waals surface area contributed by atoms with E-state index >= 15 is 0 Å². The fourth-order valence-electron chi connectivity index (χ4n) is 4.18. The van der Waals surface area contributed by atoms with Crippen LogP contribution >= 0.6 is 0 Å². The van der Waals surface area contributed by atoms with Gasteiger partial charge in [0.1, 0.15) is 0 Å². The van der Waals surface area contributed by atoms with Crippen molar-refractivity contribution in [1.82, 2.24) is 4.90 Å². The molecule has 2 N–H and O–H groups in total. The highest BCUT2D eigenvalue weighted by Gasteiger charge is 2.35. The lowest BCUT2D eigenvalue weighted by Gasteiger charge is -2.38. The zero-order chi connectivity index (χ0) is 14.9. The summed E-state index contributed by atoms with van der Waals surface area (Å²) in [5, 5.41) is 0. The molecule has 1 saturated heterocycles. The first kappa shape index (κ1) is 16.3. The van der Waals surface area contributed by atoms with Crippen molar-refractivity contribution in [3.63, 3.8) is 0 Å². The van der Waals surface area contributed by atoms with Crippen LogP contribution in [0.2, 0.25) is 0 Å². The normalized spacial score (nSPS) is 36.8. The lowest BCUT2D eigenvalue weighted by molar-refractivity contribution is 0.141. The summed E-state index contributed by atoms with van der Waals surface area (Å²) in [5.41, 5.74) is 6.88. The zero-order valence-electron chi connectivity index (χ0n) is 14.4. The number of likely N-dealkylation sites (tertiary alicyclic amines) is 1. The van der Waals surface area contributed by atoms with Gasteiger partial charge in [-0.05, 0) is 61.3 Å². The van der Waals surface area contributed by atoms with Gasteiger partial charge in [0, 0.05) is 19.1 Å². The smallest absolute Gasteiger partial charge is 0.00795 e. The predicted octanol–water partition coefficient (Wildman–Crippen LogP) is 3.75. The number of hydrogen-bond acceptors (Lipinski definition) is 2. The van der Waals surface area contributed by atoms with Crippen molar-refractivity contribution in [1.29, 1.82) is 0 Å². The first-order valence-electron chi connectivity index (χ1n) is 8.75. The molecule has 0 bridgehead atoms. The molecule has 0 spiro atoms. The molecule has 0 radical (unpaired) electrons. The van der Waals surface area contributed by atoms with Gasteiger partial charge >= 0.3 is 0 Å². The Morgan fingerprint density at radius 1 is 1.15 bits per heavy atom. The van der Waals surface area contributed by atoms with Crippen molar-refractivity contribution in [2.24, 2.45) is 34.8 Å². The predicted molar refractivity (Wildman–Crippen MR) is 87.6 cm³/mol. The van der Waals surface area contributed by atoms with Crippen molar-refractivity contribution < 1.29 is 0 Å². The second kappa shape index (κ2) is 6.36. The Balaban J connectivity index is 1.86. The standard InChI is InChI=1S/C18H36N2/c1-13(2)14-6-7-17(19)15(10-14)11-20-9-8-16(12-20)18(3,4)5/h13-17H,6-12,19H2,1-5H3. The van der Waals surface area contributed by atoms with Gasteiger partial charge in [0.05, 0.1) is 0 Å². The van der Waals surface area contributed by atoms with Crippen LogP contribution in [0, 0.1) is 29.1 Å². The Labute approximate surface area is 126 Å². The van der Waals surface area contributed by atoms with E-state index in [2.05, 4.69) is 39.5 Å². The third kappa shape index (κ3) is 3.98. The molecule has 20 heavy (non-hydrogen) atoms. The maximum atomic E-state index is 6.41. The largest absolute Gasteiger partial charge is 0.327 e. The Hall–Kier alpha value is -0.0800. The summed E-state index contributed by atoms with van der Waals surface area (Å²) >= 11 is 0. The minimum atomic E-state index is 0.443. The van der Waals surface area contributed by atoms with Crippen LogP contribution in [0.25, 0.3) is 0 Å². The highest BCUT2D eigenvalue weighted by Crippen LogP contribution is 2.37. The van der Waals surface area contributed by atoms with Gasteiger partial charge in [0.25, 0.3) is 0 Å². The fraction of sp³-hybridized carbons (Fsp3) is 1.00. The third-order valence-corrected chi connectivity index (χ3v) is 6.01. The maximum absolute atomic E-state index is 6.41. The van der Waals surface area contributed by atoms with Gasteiger partial charge in [-0.2, -0.15) is 0 Å². The molecule has 0 aromatic heterocycles. The first-order valence-corrected chi connectivity index (χ1v) is 8.75. The van der Waals surface area contributed by atoms with E-state index in [0.717, 1.165) is 23.7 Å². The van der Waals surface area contributed by atoms with Gasteiger partial charge < -0.3 is 10.6 Å². The SMILES string of the molecule is CC(C)C1CCC(N)C(CN2CCC(C(C)(C)C)C2)C1. The van der Waals surface area contributed by atoms with E-state index in [4.69, 9.17) is 5.73 Å². The second-order valence-corrected chi connectivity index (χ2v) is 8.85. The minimum absolute atomic E-state index is 0.443. The van der Waals surface area contributed by atoms with Crippen LogP contribution in [-0.4, -0.2) is 30.6 Å². The molecule has 1 heterocycles. The second-order valence-electron chi connectivity index (χ2n) is 8.85. The number of nitrogens with two attached hydrogens (primary N) is 1. The van der Waals surface area contributed by atoms with E-state index in [1.807, 2.05) is 0 Å². The first-order chi connectivity index (χ1) is 9.27. The highest BCUT2D eigenvalue weighted by atomic mass is 15.2. The van der Waals surface area contributed by atoms with Gasteiger partial charge in [-0.1, -0.05) is 34.6 Å². The number of hydrogen-bond donors (Lipinski definition) is 1. The van der Waals surface area contributed by atoms with Crippen LogP contribution in [0.15, 0.2) is 0 Å². The van der Waals surface area contributed by atoms with E-state index in [1.54, 1.807) is 0 Å². The summed E-state index contributed by atoms with van der Waals surface area (Å²) in [5.74, 6) is 3.32. The third-order valence-electron chi connectivity index (χ3n) is 6.01. The Bertz CT molecular complexity index is 305. The van der Waals surface area contributed by atoms with E-state index in [0.29, 0.717) is 11.5 Å². The Morgan fingerprint density at radius 2 is 1.85 bits per heavy atom. The van der Waals surface area contributed by atoms with Gasteiger partial charge in [-0.3, -0.25) is 0 Å². The van der Waals surface area contributed by atoms with Crippen molar-refractivity contribution >= 4 is 0 Å². The highest BCUT2D eigenvalue weighted by molar-refractivity contribution is 4.89. The van der Waals surface area contributed by atoms with Crippen LogP contribution in [0.4, 0.5) is 0 Å². The molecule has 2 fully saturated rings. The van der Waals surface area contributed by atoms with Gasteiger partial charge in [-0.25, -0.2) is 0 Å². The van der Waals surface area contributed by atoms with Crippen molar-refractivity contribution in [3.8, 4) is 0 Å². The number of nitrogens with zero attached hydrogens (tertiary/aromatic N) is 1. The molecule has 2 rings (SSSR count). The summed E-state index contributed by atoms with van der Waals surface area (Å²) in [4.78, 5) is 2.70. The molecule has 2 aliphatic rings. The fourth-order valence-corrected chi connectivity index (χ4v) is 4.18. The summed E-state index contributed by atoms with van der Waals surface area (Å²) in [6, 6.07) is 0.443. The van der Waals surface area contributed by atoms with E-state index in [9.17, 15) is 0 Å². The molecule has 1 saturated carbocycles. The quantitative estimate of drug-likeness (QED) is 0.853. The average Bonchev–Trinajstić information content (AvgIpc) is 2.80. The summed E-state index contributed by atoms with van der Waals surface area (Å²) < 4.78 is 0. The van der Waals surface area contributed by atoms with E-state index in [1.165, 1.54) is 45.3 Å². The van der Waals surface area contributed by atoms with Gasteiger partial charge in [-0.15, -0.1) is 0 Å². The lowest BCUT2D eigenvalue weighted by Crippen LogP contribution is -2.43. The molecule has 0 aromatic rings. The van der Waals surface area contributed by atoms with Crippen LogP contribution in [-0.2, 0) is 0 Å². The maximum Gasteiger partial charge on any atom is 0.00795 e. The average molecular weight is 281 g/mol. The molecule has 118 valence electrons. The number of rotatable bonds is 3. The molecule has 2 heteroatoms. The molecular weight excluding hydrogens is 244 g/mol. The minimum Gasteiger partial charge on any atom is -0.327 e. The van der Waals surface area contributed by atoms with Crippen LogP contribution in [0.3, 0.4) is 0 Å². The molecule has 1 aliphatic heterocycles. The molecule has 1 aliphatic carbocycles. The van der Waals surface area contributed by atoms with E-state index in [-0.39, 0.29) is 0 Å². The summed E-state index contributed by atoms with van der Waals surface area (Å²) in [6.07, 6.45) is 5.32. The van der Waals surface area contributed by atoms with Crippen molar-refractivity contribution in [2.45, 2.75) is 66.3 Å². The summed E-state index contributed by atoms with van der Waals surface area (Å²) in [6.45, 7) is 15.8. The molecule has 0 amide bonds. The Kier molecular flexibility index (Phi) is 5.18. The van der Waals surface area contributed by atoms with Crippen LogP contribution < -0.4 is 5.73 Å². The molecule has 2 nitrogen and oxygen atoms in total.